The van der Waals surface area contributed by atoms with Crippen LogP contribution in [0.5, 0.6) is 0 Å². The Morgan fingerprint density at radius 3 is 2.33 bits per heavy atom. The number of rotatable bonds is 4. The summed E-state index contributed by atoms with van der Waals surface area (Å²) in [5, 5.41) is 10.00. The Bertz CT molecular complexity index is 183. The van der Waals surface area contributed by atoms with E-state index in [1.54, 1.807) is 7.11 Å². The van der Waals surface area contributed by atoms with Gasteiger partial charge < -0.3 is 24.1 Å². The monoisotopic (exact) mass is 220 g/mol. The Hall–Kier alpha value is -0.200. The van der Waals surface area contributed by atoms with E-state index >= 15 is 0 Å². The van der Waals surface area contributed by atoms with Crippen LogP contribution in [0, 0.1) is 5.92 Å². The normalized spacial score (nSPS) is 41.8. The van der Waals surface area contributed by atoms with Crippen molar-refractivity contribution in [3.05, 3.63) is 0 Å². The summed E-state index contributed by atoms with van der Waals surface area (Å²) < 4.78 is 20.9. The van der Waals surface area contributed by atoms with Crippen LogP contribution in [0.4, 0.5) is 0 Å². The van der Waals surface area contributed by atoms with Crippen LogP contribution in [0.15, 0.2) is 0 Å². The minimum atomic E-state index is -0.603. The quantitative estimate of drug-likeness (QED) is 0.723. The Balaban J connectivity index is 2.68. The van der Waals surface area contributed by atoms with Crippen molar-refractivity contribution in [2.75, 3.05) is 27.9 Å². The van der Waals surface area contributed by atoms with Gasteiger partial charge >= 0.3 is 0 Å². The molecule has 5 atom stereocenters. The highest BCUT2D eigenvalue weighted by atomic mass is 16.7. The van der Waals surface area contributed by atoms with Crippen molar-refractivity contribution >= 4 is 0 Å². The number of ether oxygens (including phenoxy) is 4. The summed E-state index contributed by atoms with van der Waals surface area (Å²) in [5.41, 5.74) is 0. The third kappa shape index (κ3) is 2.68. The maximum atomic E-state index is 10.00. The first-order valence-electron chi connectivity index (χ1n) is 5.03. The van der Waals surface area contributed by atoms with Crippen molar-refractivity contribution in [1.82, 2.24) is 0 Å². The summed E-state index contributed by atoms with van der Waals surface area (Å²) in [7, 11) is 4.67. The Morgan fingerprint density at radius 1 is 1.20 bits per heavy atom. The van der Waals surface area contributed by atoms with Gasteiger partial charge in [0.25, 0.3) is 0 Å². The van der Waals surface area contributed by atoms with E-state index in [1.165, 1.54) is 14.2 Å². The molecular formula is C10H20O5. The molecule has 1 aliphatic heterocycles. The highest BCUT2D eigenvalue weighted by Crippen LogP contribution is 2.27. The molecule has 1 fully saturated rings. The van der Waals surface area contributed by atoms with Gasteiger partial charge in [0.05, 0.1) is 18.8 Å². The summed E-state index contributed by atoms with van der Waals surface area (Å²) in [6.45, 7) is 2.35. The smallest absolute Gasteiger partial charge is 0.186 e. The van der Waals surface area contributed by atoms with Crippen LogP contribution in [-0.4, -0.2) is 57.6 Å². The first-order valence-corrected chi connectivity index (χ1v) is 5.03. The standard InChI is InChI=1S/C10H20O5/c1-6-7(5-12-2)15-10(14-4)9(13-3)8(6)11/h6-11H,5H2,1-4H3/t6-,7?,8+,9?,10+/m0/s1. The van der Waals surface area contributed by atoms with Gasteiger partial charge in [-0.05, 0) is 0 Å². The largest absolute Gasteiger partial charge is 0.390 e. The number of aliphatic hydroxyl groups is 1. The fourth-order valence-corrected chi connectivity index (χ4v) is 1.85. The average molecular weight is 220 g/mol. The molecule has 1 saturated heterocycles. The van der Waals surface area contributed by atoms with E-state index in [9.17, 15) is 5.11 Å². The number of methoxy groups -OCH3 is 3. The number of aliphatic hydroxyl groups excluding tert-OH is 1. The van der Waals surface area contributed by atoms with Crippen molar-refractivity contribution in [2.24, 2.45) is 5.92 Å². The Morgan fingerprint density at radius 2 is 1.87 bits per heavy atom. The first-order chi connectivity index (χ1) is 7.15. The summed E-state index contributed by atoms with van der Waals surface area (Å²) >= 11 is 0. The average Bonchev–Trinajstić information content (AvgIpc) is 2.24. The van der Waals surface area contributed by atoms with Gasteiger partial charge in [-0.2, -0.15) is 0 Å². The second-order valence-corrected chi connectivity index (χ2v) is 3.78. The molecule has 0 saturated carbocycles. The Kier molecular flexibility index (Phi) is 4.95. The van der Waals surface area contributed by atoms with E-state index in [0.717, 1.165) is 0 Å². The zero-order valence-corrected chi connectivity index (χ0v) is 9.67. The zero-order valence-electron chi connectivity index (χ0n) is 9.67. The van der Waals surface area contributed by atoms with E-state index in [1.807, 2.05) is 6.92 Å². The topological polar surface area (TPSA) is 57.2 Å². The van der Waals surface area contributed by atoms with Crippen molar-refractivity contribution in [2.45, 2.75) is 31.5 Å². The summed E-state index contributed by atoms with van der Waals surface area (Å²) in [6.07, 6.45) is -1.75. The lowest BCUT2D eigenvalue weighted by atomic mass is 9.91. The molecule has 2 unspecified atom stereocenters. The van der Waals surface area contributed by atoms with Crippen LogP contribution in [0.25, 0.3) is 0 Å². The van der Waals surface area contributed by atoms with Gasteiger partial charge in [-0.15, -0.1) is 0 Å². The Labute approximate surface area is 90.3 Å². The molecule has 0 aromatic rings. The lowest BCUT2D eigenvalue weighted by molar-refractivity contribution is -0.286. The number of hydrogen-bond donors (Lipinski definition) is 1. The predicted octanol–water partition coefficient (Wildman–Crippen LogP) is 0.0161. The minimum absolute atomic E-state index is 0.0405. The van der Waals surface area contributed by atoms with Gasteiger partial charge in [0, 0.05) is 27.2 Å². The molecule has 5 nitrogen and oxygen atoms in total. The van der Waals surface area contributed by atoms with Gasteiger partial charge in [-0.1, -0.05) is 6.92 Å². The second-order valence-electron chi connectivity index (χ2n) is 3.78. The summed E-state index contributed by atoms with van der Waals surface area (Å²) in [5.74, 6) is -0.0405. The molecule has 0 radical (unpaired) electrons. The predicted molar refractivity (Wildman–Crippen MR) is 53.5 cm³/mol. The fraction of sp³-hybridized carbons (Fsp3) is 1.00. The van der Waals surface area contributed by atoms with Crippen LogP contribution in [-0.2, 0) is 18.9 Å². The molecule has 0 amide bonds. The molecule has 1 rings (SSSR count). The molecule has 1 N–H and O–H groups in total. The molecule has 0 aromatic carbocycles. The highest BCUT2D eigenvalue weighted by molar-refractivity contribution is 4.87. The first kappa shape index (κ1) is 12.9. The van der Waals surface area contributed by atoms with Crippen molar-refractivity contribution < 1.29 is 24.1 Å². The van der Waals surface area contributed by atoms with Crippen molar-refractivity contribution in [3.8, 4) is 0 Å². The van der Waals surface area contributed by atoms with Crippen LogP contribution < -0.4 is 0 Å². The maximum absolute atomic E-state index is 10.00. The van der Waals surface area contributed by atoms with Gasteiger partial charge in [-0.3, -0.25) is 0 Å². The van der Waals surface area contributed by atoms with Crippen LogP contribution in [0.3, 0.4) is 0 Å². The fourth-order valence-electron chi connectivity index (χ4n) is 1.85. The second kappa shape index (κ2) is 5.77. The molecule has 0 bridgehead atoms. The van der Waals surface area contributed by atoms with Gasteiger partial charge in [-0.25, -0.2) is 0 Å². The van der Waals surface area contributed by atoms with Crippen LogP contribution in [0.1, 0.15) is 6.92 Å². The molecule has 1 heterocycles. The van der Waals surface area contributed by atoms with E-state index in [4.69, 9.17) is 18.9 Å². The molecule has 0 aromatic heterocycles. The molecule has 15 heavy (non-hydrogen) atoms. The van der Waals surface area contributed by atoms with Crippen molar-refractivity contribution in [3.63, 3.8) is 0 Å². The molecule has 0 spiro atoms. The lowest BCUT2D eigenvalue weighted by Gasteiger charge is -2.42. The van der Waals surface area contributed by atoms with Gasteiger partial charge in [0.2, 0.25) is 0 Å². The molecular weight excluding hydrogens is 200 g/mol. The third-order valence-corrected chi connectivity index (χ3v) is 2.87. The highest BCUT2D eigenvalue weighted by Gasteiger charge is 2.43. The van der Waals surface area contributed by atoms with E-state index < -0.39 is 18.5 Å². The summed E-state index contributed by atoms with van der Waals surface area (Å²) in [4.78, 5) is 0. The molecule has 1 aliphatic rings. The van der Waals surface area contributed by atoms with E-state index in [2.05, 4.69) is 0 Å². The summed E-state index contributed by atoms with van der Waals surface area (Å²) in [6, 6.07) is 0. The SMILES string of the molecule is COCC1O[C@@H](OC)C(OC)[C@H](O)[C@H]1C. The van der Waals surface area contributed by atoms with E-state index in [0.29, 0.717) is 6.61 Å². The molecule has 0 aliphatic carbocycles. The minimum Gasteiger partial charge on any atom is -0.390 e. The molecule has 90 valence electrons. The van der Waals surface area contributed by atoms with Crippen molar-refractivity contribution in [1.29, 1.82) is 0 Å². The third-order valence-electron chi connectivity index (χ3n) is 2.87. The van der Waals surface area contributed by atoms with E-state index in [-0.39, 0.29) is 12.0 Å². The van der Waals surface area contributed by atoms with Gasteiger partial charge in [0.1, 0.15) is 6.10 Å². The van der Waals surface area contributed by atoms with Gasteiger partial charge in [0.15, 0.2) is 6.29 Å². The number of hydrogen-bond acceptors (Lipinski definition) is 5. The molecule has 5 heteroatoms. The zero-order chi connectivity index (χ0) is 11.4. The van der Waals surface area contributed by atoms with Crippen LogP contribution in [0.2, 0.25) is 0 Å². The maximum Gasteiger partial charge on any atom is 0.186 e. The lowest BCUT2D eigenvalue weighted by Crippen LogP contribution is -2.55. The van der Waals surface area contributed by atoms with Crippen LogP contribution >= 0.6 is 0 Å².